The van der Waals surface area contributed by atoms with E-state index in [4.69, 9.17) is 14.4 Å². The fraction of sp³-hybridized carbons (Fsp3) is 0.407. The molecule has 8 nitrogen and oxygen atoms in total. The Morgan fingerprint density at radius 3 is 2.51 bits per heavy atom. The summed E-state index contributed by atoms with van der Waals surface area (Å²) in [6.07, 6.45) is 1.37. The zero-order valence-electron chi connectivity index (χ0n) is 20.6. The number of ether oxygens (including phenoxy) is 1. The van der Waals surface area contributed by atoms with Crippen molar-refractivity contribution in [3.63, 3.8) is 0 Å². The van der Waals surface area contributed by atoms with Gasteiger partial charge in [0.15, 0.2) is 5.58 Å². The third-order valence-corrected chi connectivity index (χ3v) is 6.02. The van der Waals surface area contributed by atoms with Crippen LogP contribution in [0.3, 0.4) is 0 Å². The predicted octanol–water partition coefficient (Wildman–Crippen LogP) is 5.05. The third kappa shape index (κ3) is 5.80. The van der Waals surface area contributed by atoms with Gasteiger partial charge in [0.1, 0.15) is 11.1 Å². The number of nitriles is 1. The fourth-order valence-electron chi connectivity index (χ4n) is 4.14. The summed E-state index contributed by atoms with van der Waals surface area (Å²) in [6, 6.07) is 12.7. The van der Waals surface area contributed by atoms with Crippen LogP contribution in [0.15, 0.2) is 40.8 Å². The molecule has 1 aromatic heterocycles. The van der Waals surface area contributed by atoms with Gasteiger partial charge in [-0.1, -0.05) is 0 Å². The Bertz CT molecular complexity index is 1270. The van der Waals surface area contributed by atoms with E-state index in [1.807, 2.05) is 27.7 Å². The van der Waals surface area contributed by atoms with Crippen LogP contribution in [0.5, 0.6) is 0 Å². The van der Waals surface area contributed by atoms with Crippen molar-refractivity contribution in [3.8, 4) is 17.5 Å². The molecule has 8 heteroatoms. The van der Waals surface area contributed by atoms with E-state index in [0.717, 1.165) is 24.0 Å². The quantitative estimate of drug-likeness (QED) is 0.567. The molecule has 0 spiro atoms. The molecule has 0 radical (unpaired) electrons. The van der Waals surface area contributed by atoms with Crippen LogP contribution in [0.2, 0.25) is 0 Å². The highest BCUT2D eigenvalue weighted by Crippen LogP contribution is 2.27. The van der Waals surface area contributed by atoms with Gasteiger partial charge in [0, 0.05) is 30.8 Å². The Morgan fingerprint density at radius 2 is 1.89 bits per heavy atom. The minimum atomic E-state index is -0.502. The van der Waals surface area contributed by atoms with Crippen LogP contribution >= 0.6 is 0 Å². The van der Waals surface area contributed by atoms with Crippen LogP contribution in [0.25, 0.3) is 22.6 Å². The van der Waals surface area contributed by atoms with Crippen LogP contribution in [0.4, 0.5) is 4.79 Å². The fourth-order valence-corrected chi connectivity index (χ4v) is 4.14. The number of hydrogen-bond donors (Lipinski definition) is 1. The molecule has 0 aliphatic carbocycles. The number of piperidine rings is 1. The van der Waals surface area contributed by atoms with Gasteiger partial charge in [0.2, 0.25) is 5.89 Å². The molecule has 2 heterocycles. The zero-order valence-corrected chi connectivity index (χ0v) is 20.6. The average Bonchev–Trinajstić information content (AvgIpc) is 3.26. The molecule has 0 atom stereocenters. The van der Waals surface area contributed by atoms with E-state index in [-0.39, 0.29) is 12.0 Å². The lowest BCUT2D eigenvalue weighted by Gasteiger charge is -2.33. The second-order valence-corrected chi connectivity index (χ2v) is 9.97. The number of rotatable bonds is 4. The van der Waals surface area contributed by atoms with Crippen LogP contribution < -0.4 is 5.32 Å². The van der Waals surface area contributed by atoms with E-state index < -0.39 is 5.60 Å². The average molecular weight is 475 g/mol. The highest BCUT2D eigenvalue weighted by atomic mass is 16.6. The molecular weight excluding hydrogens is 444 g/mol. The molecule has 182 valence electrons. The molecule has 0 bridgehead atoms. The number of benzene rings is 2. The molecule has 0 unspecified atom stereocenters. The van der Waals surface area contributed by atoms with Crippen molar-refractivity contribution >= 4 is 23.1 Å². The Kier molecular flexibility index (Phi) is 6.79. The molecule has 3 aromatic rings. The molecule has 1 saturated heterocycles. The number of likely N-dealkylation sites (tertiary alicyclic amines) is 1. The predicted molar refractivity (Wildman–Crippen MR) is 132 cm³/mol. The first kappa shape index (κ1) is 24.3. The lowest BCUT2D eigenvalue weighted by atomic mass is 9.97. The van der Waals surface area contributed by atoms with Crippen molar-refractivity contribution in [1.29, 1.82) is 5.26 Å². The van der Waals surface area contributed by atoms with Gasteiger partial charge in [-0.25, -0.2) is 9.78 Å². The number of aryl methyl sites for hydroxylation is 1. The van der Waals surface area contributed by atoms with Crippen molar-refractivity contribution in [2.75, 3.05) is 19.6 Å². The molecule has 2 amide bonds. The molecule has 1 aliphatic rings. The number of oxazole rings is 1. The Morgan fingerprint density at radius 1 is 1.20 bits per heavy atom. The lowest BCUT2D eigenvalue weighted by molar-refractivity contribution is 0.0183. The van der Waals surface area contributed by atoms with Gasteiger partial charge in [-0.05, 0) is 88.4 Å². The summed E-state index contributed by atoms with van der Waals surface area (Å²) < 4.78 is 11.3. The maximum Gasteiger partial charge on any atom is 0.410 e. The van der Waals surface area contributed by atoms with Gasteiger partial charge in [0.05, 0.1) is 11.6 Å². The Hall–Kier alpha value is -3.86. The lowest BCUT2D eigenvalue weighted by Crippen LogP contribution is -2.43. The normalized spacial score (nSPS) is 14.5. The van der Waals surface area contributed by atoms with E-state index in [9.17, 15) is 9.59 Å². The molecular formula is C27H30N4O4. The number of fused-ring (bicyclic) bond motifs is 1. The van der Waals surface area contributed by atoms with Crippen molar-refractivity contribution in [2.45, 2.75) is 46.1 Å². The van der Waals surface area contributed by atoms with Gasteiger partial charge in [-0.15, -0.1) is 0 Å². The van der Waals surface area contributed by atoms with Crippen LogP contribution in [0, 0.1) is 24.2 Å². The first-order valence-electron chi connectivity index (χ1n) is 11.8. The summed E-state index contributed by atoms with van der Waals surface area (Å²) in [5, 5.41) is 12.2. The van der Waals surface area contributed by atoms with E-state index in [0.29, 0.717) is 53.7 Å². The number of carbonyl (C=O) groups is 2. The first-order chi connectivity index (χ1) is 16.6. The number of amides is 2. The highest BCUT2D eigenvalue weighted by molar-refractivity contribution is 5.94. The summed E-state index contributed by atoms with van der Waals surface area (Å²) in [6.45, 7) is 9.28. The standard InChI is InChI=1S/C27H30N4O4/c1-17-13-19(15-28)14-22-23(17)34-25(30-22)21-7-5-20(6-8-21)24(32)29-16-18-9-11-31(12-10-18)26(33)35-27(2,3)4/h5-8,13-14,18H,9-12,16H2,1-4H3,(H,29,32). The Balaban J connectivity index is 1.31. The van der Waals surface area contributed by atoms with Crippen LogP contribution in [-0.4, -0.2) is 47.1 Å². The summed E-state index contributed by atoms with van der Waals surface area (Å²) in [7, 11) is 0. The van der Waals surface area contributed by atoms with Crippen molar-refractivity contribution in [3.05, 3.63) is 53.1 Å². The molecule has 0 saturated carbocycles. The third-order valence-electron chi connectivity index (χ3n) is 6.02. The second kappa shape index (κ2) is 9.79. The zero-order chi connectivity index (χ0) is 25.2. The van der Waals surface area contributed by atoms with Crippen LogP contribution in [-0.2, 0) is 4.74 Å². The van der Waals surface area contributed by atoms with Gasteiger partial charge >= 0.3 is 6.09 Å². The molecule has 1 fully saturated rings. The van der Waals surface area contributed by atoms with Gasteiger partial charge in [-0.3, -0.25) is 4.79 Å². The number of nitrogens with one attached hydrogen (secondary N) is 1. The minimum Gasteiger partial charge on any atom is -0.444 e. The van der Waals surface area contributed by atoms with Crippen LogP contribution in [0.1, 0.15) is 55.1 Å². The number of aromatic nitrogens is 1. The monoisotopic (exact) mass is 474 g/mol. The van der Waals surface area contributed by atoms with Crippen molar-refractivity contribution in [2.24, 2.45) is 5.92 Å². The summed E-state index contributed by atoms with van der Waals surface area (Å²) >= 11 is 0. The molecule has 1 N–H and O–H groups in total. The van der Waals surface area contributed by atoms with E-state index in [2.05, 4.69) is 16.4 Å². The number of carbonyl (C=O) groups excluding carboxylic acids is 2. The number of hydrogen-bond acceptors (Lipinski definition) is 6. The van der Waals surface area contributed by atoms with E-state index in [1.54, 1.807) is 41.3 Å². The topological polar surface area (TPSA) is 108 Å². The minimum absolute atomic E-state index is 0.141. The molecule has 4 rings (SSSR count). The van der Waals surface area contributed by atoms with Crippen molar-refractivity contribution < 1.29 is 18.7 Å². The molecule has 2 aromatic carbocycles. The SMILES string of the molecule is Cc1cc(C#N)cc2nc(-c3ccc(C(=O)NCC4CCN(C(=O)OC(C)(C)C)CC4)cc3)oc12. The summed E-state index contributed by atoms with van der Waals surface area (Å²) in [4.78, 5) is 31.1. The Labute approximate surface area is 204 Å². The maximum atomic E-state index is 12.7. The smallest absolute Gasteiger partial charge is 0.410 e. The largest absolute Gasteiger partial charge is 0.444 e. The van der Waals surface area contributed by atoms with Gasteiger partial charge in [-0.2, -0.15) is 5.26 Å². The van der Waals surface area contributed by atoms with Crippen molar-refractivity contribution in [1.82, 2.24) is 15.2 Å². The molecule has 1 aliphatic heterocycles. The van der Waals surface area contributed by atoms with E-state index >= 15 is 0 Å². The van der Waals surface area contributed by atoms with Gasteiger partial charge in [0.25, 0.3) is 5.91 Å². The maximum absolute atomic E-state index is 12.7. The second-order valence-electron chi connectivity index (χ2n) is 9.97. The highest BCUT2D eigenvalue weighted by Gasteiger charge is 2.27. The van der Waals surface area contributed by atoms with Gasteiger partial charge < -0.3 is 19.4 Å². The summed E-state index contributed by atoms with van der Waals surface area (Å²) in [5.41, 5.74) is 3.49. The summed E-state index contributed by atoms with van der Waals surface area (Å²) in [5.74, 6) is 0.623. The van der Waals surface area contributed by atoms with E-state index in [1.165, 1.54) is 0 Å². The number of nitrogens with zero attached hydrogens (tertiary/aromatic N) is 3. The molecule has 35 heavy (non-hydrogen) atoms. The first-order valence-corrected chi connectivity index (χ1v) is 11.8.